The zero-order valence-corrected chi connectivity index (χ0v) is 14.4. The number of nitrogens with zero attached hydrogens (tertiary/aromatic N) is 6. The van der Waals surface area contributed by atoms with Crippen molar-refractivity contribution in [2.24, 2.45) is 0 Å². The van der Waals surface area contributed by atoms with E-state index in [1.165, 1.54) is 11.8 Å². The first kappa shape index (κ1) is 16.2. The SMILES string of the molecule is C[C@H](Sc1n[nH]c(-c2ccccc2)n1)c1nc(N)nc(N(C)C)n1. The average molecular weight is 342 g/mol. The fraction of sp³-hybridized carbons (Fsp3) is 0.267. The van der Waals surface area contributed by atoms with Gasteiger partial charge >= 0.3 is 0 Å². The van der Waals surface area contributed by atoms with E-state index in [0.29, 0.717) is 16.9 Å². The molecule has 2 aromatic heterocycles. The molecular weight excluding hydrogens is 324 g/mol. The van der Waals surface area contributed by atoms with E-state index in [2.05, 4.69) is 30.1 Å². The number of thioether (sulfide) groups is 1. The molecule has 0 saturated carbocycles. The molecule has 0 spiro atoms. The van der Waals surface area contributed by atoms with Gasteiger partial charge in [0.2, 0.25) is 17.1 Å². The molecular formula is C15H18N8S. The van der Waals surface area contributed by atoms with Crippen molar-refractivity contribution in [3.63, 3.8) is 0 Å². The lowest BCUT2D eigenvalue weighted by Gasteiger charge is -2.13. The Morgan fingerprint density at radius 1 is 1.08 bits per heavy atom. The van der Waals surface area contributed by atoms with Crippen LogP contribution in [0, 0.1) is 0 Å². The molecule has 2 heterocycles. The van der Waals surface area contributed by atoms with Crippen LogP contribution in [-0.2, 0) is 0 Å². The van der Waals surface area contributed by atoms with Gasteiger partial charge in [0, 0.05) is 19.7 Å². The topological polar surface area (TPSA) is 110 Å². The van der Waals surface area contributed by atoms with Gasteiger partial charge in [-0.3, -0.25) is 5.10 Å². The summed E-state index contributed by atoms with van der Waals surface area (Å²) in [7, 11) is 3.72. The second kappa shape index (κ2) is 6.83. The third kappa shape index (κ3) is 3.62. The fourth-order valence-electron chi connectivity index (χ4n) is 2.01. The van der Waals surface area contributed by atoms with Gasteiger partial charge in [0.1, 0.15) is 5.82 Å². The maximum Gasteiger partial charge on any atom is 0.229 e. The second-order valence-electron chi connectivity index (χ2n) is 5.34. The van der Waals surface area contributed by atoms with Crippen molar-refractivity contribution in [2.75, 3.05) is 24.7 Å². The quantitative estimate of drug-likeness (QED) is 0.679. The van der Waals surface area contributed by atoms with Gasteiger partial charge in [-0.2, -0.15) is 15.0 Å². The van der Waals surface area contributed by atoms with E-state index >= 15 is 0 Å². The number of hydrogen-bond acceptors (Lipinski definition) is 8. The van der Waals surface area contributed by atoms with Crippen LogP contribution in [0.4, 0.5) is 11.9 Å². The van der Waals surface area contributed by atoms with Crippen molar-refractivity contribution in [2.45, 2.75) is 17.3 Å². The monoisotopic (exact) mass is 342 g/mol. The summed E-state index contributed by atoms with van der Waals surface area (Å²) in [5, 5.41) is 7.77. The van der Waals surface area contributed by atoms with Gasteiger partial charge < -0.3 is 10.6 Å². The zero-order valence-electron chi connectivity index (χ0n) is 13.6. The number of nitrogens with one attached hydrogen (secondary N) is 1. The fourth-order valence-corrected chi connectivity index (χ4v) is 2.78. The highest BCUT2D eigenvalue weighted by Crippen LogP contribution is 2.32. The van der Waals surface area contributed by atoms with E-state index < -0.39 is 0 Å². The highest BCUT2D eigenvalue weighted by molar-refractivity contribution is 7.99. The molecule has 124 valence electrons. The van der Waals surface area contributed by atoms with E-state index in [9.17, 15) is 0 Å². The summed E-state index contributed by atoms with van der Waals surface area (Å²) in [6, 6.07) is 9.85. The Balaban J connectivity index is 1.78. The lowest BCUT2D eigenvalue weighted by molar-refractivity contribution is 0.858. The molecule has 3 N–H and O–H groups in total. The first-order valence-electron chi connectivity index (χ1n) is 7.36. The van der Waals surface area contributed by atoms with Crippen LogP contribution in [0.3, 0.4) is 0 Å². The van der Waals surface area contributed by atoms with E-state index in [-0.39, 0.29) is 11.2 Å². The minimum atomic E-state index is -0.0616. The lowest BCUT2D eigenvalue weighted by Crippen LogP contribution is -2.16. The van der Waals surface area contributed by atoms with Gasteiger partial charge in [-0.25, -0.2) is 4.98 Å². The smallest absolute Gasteiger partial charge is 0.229 e. The molecule has 0 fully saturated rings. The van der Waals surface area contributed by atoms with Gasteiger partial charge in [0.25, 0.3) is 0 Å². The molecule has 9 heteroatoms. The predicted octanol–water partition coefficient (Wildman–Crippen LogP) is 2.16. The number of aromatic amines is 1. The minimum Gasteiger partial charge on any atom is -0.368 e. The molecule has 0 bridgehead atoms. The van der Waals surface area contributed by atoms with Crippen molar-refractivity contribution in [1.82, 2.24) is 30.1 Å². The molecule has 0 amide bonds. The first-order chi connectivity index (χ1) is 11.5. The van der Waals surface area contributed by atoms with Gasteiger partial charge in [0.15, 0.2) is 5.82 Å². The van der Waals surface area contributed by atoms with Crippen molar-refractivity contribution >= 4 is 23.7 Å². The van der Waals surface area contributed by atoms with Crippen LogP contribution < -0.4 is 10.6 Å². The normalized spacial score (nSPS) is 12.1. The number of hydrogen-bond donors (Lipinski definition) is 2. The maximum absolute atomic E-state index is 5.77. The number of H-pyrrole nitrogens is 1. The Bertz CT molecular complexity index is 817. The Labute approximate surface area is 144 Å². The Morgan fingerprint density at radius 3 is 2.54 bits per heavy atom. The maximum atomic E-state index is 5.77. The third-order valence-electron chi connectivity index (χ3n) is 3.22. The summed E-state index contributed by atoms with van der Waals surface area (Å²) in [6.45, 7) is 1.98. The van der Waals surface area contributed by atoms with E-state index in [1.54, 1.807) is 4.90 Å². The molecule has 1 atom stereocenters. The molecule has 0 aliphatic heterocycles. The van der Waals surface area contributed by atoms with Crippen LogP contribution >= 0.6 is 11.8 Å². The molecule has 1 aromatic carbocycles. The second-order valence-corrected chi connectivity index (χ2v) is 6.65. The minimum absolute atomic E-state index is 0.0616. The van der Waals surface area contributed by atoms with Gasteiger partial charge in [-0.05, 0) is 6.92 Å². The number of benzene rings is 1. The largest absolute Gasteiger partial charge is 0.368 e. The molecule has 0 unspecified atom stereocenters. The summed E-state index contributed by atoms with van der Waals surface area (Å²) >= 11 is 1.46. The number of nitrogen functional groups attached to an aromatic ring is 1. The van der Waals surface area contributed by atoms with Crippen molar-refractivity contribution in [3.05, 3.63) is 36.2 Å². The first-order valence-corrected chi connectivity index (χ1v) is 8.24. The molecule has 0 aliphatic rings. The van der Waals surface area contributed by atoms with E-state index in [4.69, 9.17) is 5.73 Å². The predicted molar refractivity (Wildman–Crippen MR) is 94.7 cm³/mol. The number of nitrogens with two attached hydrogens (primary N) is 1. The number of aromatic nitrogens is 6. The summed E-state index contributed by atoms with van der Waals surface area (Å²) in [5.41, 5.74) is 6.76. The zero-order chi connectivity index (χ0) is 17.1. The highest BCUT2D eigenvalue weighted by atomic mass is 32.2. The van der Waals surface area contributed by atoms with Crippen molar-refractivity contribution in [1.29, 1.82) is 0 Å². The van der Waals surface area contributed by atoms with Crippen LogP contribution in [0.25, 0.3) is 11.4 Å². The van der Waals surface area contributed by atoms with Gasteiger partial charge in [-0.1, -0.05) is 42.1 Å². The van der Waals surface area contributed by atoms with Gasteiger partial charge in [-0.15, -0.1) is 5.10 Å². The molecule has 0 aliphatic carbocycles. The summed E-state index contributed by atoms with van der Waals surface area (Å²) in [4.78, 5) is 19.1. The summed E-state index contributed by atoms with van der Waals surface area (Å²) in [6.07, 6.45) is 0. The van der Waals surface area contributed by atoms with Crippen molar-refractivity contribution < 1.29 is 0 Å². The molecule has 3 aromatic rings. The van der Waals surface area contributed by atoms with Crippen LogP contribution in [-0.4, -0.2) is 44.2 Å². The number of rotatable bonds is 5. The Hall–Kier alpha value is -2.68. The van der Waals surface area contributed by atoms with E-state index in [0.717, 1.165) is 11.4 Å². The molecule has 0 radical (unpaired) electrons. The summed E-state index contributed by atoms with van der Waals surface area (Å²) in [5.74, 6) is 2.07. The van der Waals surface area contributed by atoms with Gasteiger partial charge in [0.05, 0.1) is 5.25 Å². The Morgan fingerprint density at radius 2 is 1.83 bits per heavy atom. The molecule has 0 saturated heterocycles. The van der Waals surface area contributed by atoms with Crippen LogP contribution in [0.5, 0.6) is 0 Å². The molecule has 8 nitrogen and oxygen atoms in total. The van der Waals surface area contributed by atoms with Crippen LogP contribution in [0.2, 0.25) is 0 Å². The molecule has 24 heavy (non-hydrogen) atoms. The van der Waals surface area contributed by atoms with Crippen molar-refractivity contribution in [3.8, 4) is 11.4 Å². The summed E-state index contributed by atoms with van der Waals surface area (Å²) < 4.78 is 0. The molecule has 3 rings (SSSR count). The van der Waals surface area contributed by atoms with Crippen LogP contribution in [0.1, 0.15) is 18.0 Å². The van der Waals surface area contributed by atoms with E-state index in [1.807, 2.05) is 51.4 Å². The van der Waals surface area contributed by atoms with Crippen LogP contribution in [0.15, 0.2) is 35.5 Å². The standard InChI is InChI=1S/C15H18N8S/c1-9(11-17-13(16)20-14(18-11)23(2)3)24-15-19-12(21-22-15)10-7-5-4-6-8-10/h4-9H,1-3H3,(H,19,21,22)(H2,16,17,18,20)/t9-/m0/s1. The average Bonchev–Trinajstić information content (AvgIpc) is 3.03. The number of anilines is 2. The highest BCUT2D eigenvalue weighted by Gasteiger charge is 2.17. The third-order valence-corrected chi connectivity index (χ3v) is 4.17. The lowest BCUT2D eigenvalue weighted by atomic mass is 10.2. The Kier molecular flexibility index (Phi) is 4.61.